The Morgan fingerprint density at radius 1 is 0.706 bits per heavy atom. The molecule has 51 heavy (non-hydrogen) atoms. The molecule has 2 unspecified atom stereocenters. The molecule has 0 spiro atoms. The summed E-state index contributed by atoms with van der Waals surface area (Å²) >= 11 is 1.28. The summed E-state index contributed by atoms with van der Waals surface area (Å²) in [6, 6.07) is 0. The smallest absolute Gasteiger partial charge is 0.319 e. The van der Waals surface area contributed by atoms with Gasteiger partial charge in [-0.25, -0.2) is 0 Å². The highest BCUT2D eigenvalue weighted by atomic mass is 32.2. The largest absolute Gasteiger partial charge is 0.480 e. The minimum absolute atomic E-state index is 0.133. The van der Waals surface area contributed by atoms with Crippen molar-refractivity contribution in [1.29, 1.82) is 0 Å². The van der Waals surface area contributed by atoms with Gasteiger partial charge < -0.3 is 10.2 Å². The van der Waals surface area contributed by atoms with Crippen LogP contribution < -0.4 is 0 Å². The van der Waals surface area contributed by atoms with E-state index in [9.17, 15) is 19.8 Å². The van der Waals surface area contributed by atoms with Crippen LogP contribution in [0.5, 0.6) is 0 Å². The number of carboxylic acid groups (broad SMARTS) is 2. The first-order valence-corrected chi connectivity index (χ1v) is 21.5. The van der Waals surface area contributed by atoms with Crippen molar-refractivity contribution < 1.29 is 19.8 Å². The van der Waals surface area contributed by atoms with Crippen LogP contribution in [0.2, 0.25) is 0 Å². The molecule has 4 nitrogen and oxygen atoms in total. The molecule has 2 N–H and O–H groups in total. The van der Waals surface area contributed by atoms with E-state index in [1.165, 1.54) is 48.6 Å². The lowest BCUT2D eigenvalue weighted by molar-refractivity contribution is -0.143. The second kappa shape index (κ2) is 13.5. The van der Waals surface area contributed by atoms with Crippen LogP contribution in [0.25, 0.3) is 0 Å². The van der Waals surface area contributed by atoms with Gasteiger partial charge in [-0.3, -0.25) is 9.59 Å². The summed E-state index contributed by atoms with van der Waals surface area (Å²) < 4.78 is -2.42. The Balaban J connectivity index is 1.28. The van der Waals surface area contributed by atoms with Crippen LogP contribution in [0.15, 0.2) is 46.6 Å². The van der Waals surface area contributed by atoms with E-state index in [4.69, 9.17) is 0 Å². The van der Waals surface area contributed by atoms with Crippen LogP contribution >= 0.6 is 11.8 Å². The molecular formula is C46H70O4S. The highest BCUT2D eigenvalue weighted by Gasteiger charge is 2.60. The lowest BCUT2D eigenvalue weighted by Gasteiger charge is -2.60. The first-order chi connectivity index (χ1) is 23.7. The number of thioether (sulfide) groups is 1. The predicted octanol–water partition coefficient (Wildman–Crippen LogP) is 12.5. The van der Waals surface area contributed by atoms with E-state index in [1.807, 2.05) is 13.8 Å². The Bertz CT molecular complexity index is 1420. The second-order valence-electron chi connectivity index (χ2n) is 20.5. The normalized spacial score (nSPS) is 40.2. The Kier molecular flexibility index (Phi) is 10.3. The molecule has 0 heterocycles. The van der Waals surface area contributed by atoms with Gasteiger partial charge in [-0.2, -0.15) is 0 Å². The van der Waals surface area contributed by atoms with Gasteiger partial charge in [-0.1, -0.05) is 104 Å². The van der Waals surface area contributed by atoms with Gasteiger partial charge in [0.15, 0.2) is 0 Å². The van der Waals surface area contributed by atoms with Crippen molar-refractivity contribution in [2.75, 3.05) is 0 Å². The van der Waals surface area contributed by atoms with Gasteiger partial charge in [-0.15, -0.1) is 11.8 Å². The molecule has 6 aliphatic rings. The topological polar surface area (TPSA) is 74.6 Å². The van der Waals surface area contributed by atoms with Crippen molar-refractivity contribution in [1.82, 2.24) is 0 Å². The third-order valence-electron chi connectivity index (χ3n) is 16.2. The number of hydrogen-bond donors (Lipinski definition) is 2. The van der Waals surface area contributed by atoms with Crippen molar-refractivity contribution in [2.45, 2.75) is 169 Å². The molecule has 0 saturated heterocycles. The van der Waals surface area contributed by atoms with Crippen molar-refractivity contribution in [3.8, 4) is 0 Å². The molecule has 2 fully saturated rings. The highest BCUT2D eigenvalue weighted by Crippen LogP contribution is 2.67. The molecule has 6 aliphatic carbocycles. The minimum atomic E-state index is -1.21. The van der Waals surface area contributed by atoms with Gasteiger partial charge in [0.1, 0.15) is 9.49 Å². The molecule has 5 heteroatoms. The van der Waals surface area contributed by atoms with Gasteiger partial charge in [0.2, 0.25) is 0 Å². The Morgan fingerprint density at radius 2 is 1.08 bits per heavy atom. The van der Waals surface area contributed by atoms with E-state index >= 15 is 0 Å². The molecule has 284 valence electrons. The maximum absolute atomic E-state index is 13.5. The van der Waals surface area contributed by atoms with Crippen LogP contribution in [-0.2, 0) is 9.59 Å². The number of hydrogen-bond acceptors (Lipinski definition) is 3. The molecule has 0 aromatic heterocycles. The molecule has 0 aliphatic heterocycles. The summed E-state index contributed by atoms with van der Waals surface area (Å²) in [5.41, 5.74) is 6.06. The van der Waals surface area contributed by atoms with E-state index in [0.717, 1.165) is 51.4 Å². The zero-order valence-electron chi connectivity index (χ0n) is 33.8. The lowest BCUT2D eigenvalue weighted by Crippen LogP contribution is -2.55. The fourth-order valence-electron chi connectivity index (χ4n) is 13.7. The maximum Gasteiger partial charge on any atom is 0.319 e. The first-order valence-electron chi connectivity index (χ1n) is 20.7. The number of fused-ring (bicyclic) bond motifs is 6. The van der Waals surface area contributed by atoms with E-state index in [0.29, 0.717) is 48.3 Å². The van der Waals surface area contributed by atoms with Gasteiger partial charge in [-0.05, 0) is 159 Å². The molecule has 6 rings (SSSR count). The highest BCUT2D eigenvalue weighted by molar-refractivity contribution is 8.03. The van der Waals surface area contributed by atoms with E-state index in [-0.39, 0.29) is 21.7 Å². The number of carbonyl (C=O) groups is 2. The number of rotatable bonds is 10. The monoisotopic (exact) mass is 718 g/mol. The van der Waals surface area contributed by atoms with Crippen LogP contribution in [0, 0.1) is 57.2 Å². The van der Waals surface area contributed by atoms with Crippen LogP contribution in [0.4, 0.5) is 0 Å². The number of carboxylic acids is 2. The van der Waals surface area contributed by atoms with Crippen molar-refractivity contribution in [3.63, 3.8) is 0 Å². The van der Waals surface area contributed by atoms with Gasteiger partial charge >= 0.3 is 11.9 Å². The summed E-state index contributed by atoms with van der Waals surface area (Å²) in [4.78, 5) is 27.1. The van der Waals surface area contributed by atoms with Crippen molar-refractivity contribution in [2.24, 2.45) is 57.2 Å². The maximum atomic E-state index is 13.5. The quantitative estimate of drug-likeness (QED) is 0.235. The van der Waals surface area contributed by atoms with E-state index < -0.39 is 21.4 Å². The van der Waals surface area contributed by atoms with Crippen LogP contribution in [0.1, 0.15) is 159 Å². The average Bonchev–Trinajstić information content (AvgIpc) is 3.03. The third kappa shape index (κ3) is 6.69. The standard InChI is InChI=1S/C46H70O4S/c1-29(2)31-13-17-35-33(25-31)15-19-37-41(5,21-11-23-43(35,37)7)27-45(9,39(47)48)51-46(10,40(49)50)28-42(6)22-12-24-44(8)36-18-14-32(30(3)4)26-34(36)16-20-38(42)44/h15-16,25-26,29-30,35-38H,11-14,17-24,27-28H2,1-10H3,(H,47,48)(H,49,50)/t35-,36-,37-,38-,41-,42-,43+,44+,45?,46?/m0/s1. The fourth-order valence-corrected chi connectivity index (χ4v) is 15.7. The predicted molar refractivity (Wildman–Crippen MR) is 213 cm³/mol. The van der Waals surface area contributed by atoms with Gasteiger partial charge in [0.25, 0.3) is 0 Å². The summed E-state index contributed by atoms with van der Waals surface area (Å²) in [6.07, 6.45) is 24.2. The van der Waals surface area contributed by atoms with Crippen LogP contribution in [-0.4, -0.2) is 31.6 Å². The summed E-state index contributed by atoms with van der Waals surface area (Å²) in [6.45, 7) is 22.7. The molecular weight excluding hydrogens is 649 g/mol. The summed E-state index contributed by atoms with van der Waals surface area (Å²) in [7, 11) is 0. The zero-order chi connectivity index (χ0) is 37.4. The zero-order valence-corrected chi connectivity index (χ0v) is 34.6. The van der Waals surface area contributed by atoms with E-state index in [1.54, 1.807) is 11.1 Å². The van der Waals surface area contributed by atoms with E-state index in [2.05, 4.69) is 79.7 Å². The van der Waals surface area contributed by atoms with Gasteiger partial charge in [0.05, 0.1) is 0 Å². The van der Waals surface area contributed by atoms with Crippen LogP contribution in [0.3, 0.4) is 0 Å². The Morgan fingerprint density at radius 3 is 1.41 bits per heavy atom. The third-order valence-corrected chi connectivity index (χ3v) is 17.8. The minimum Gasteiger partial charge on any atom is -0.480 e. The fraction of sp³-hybridized carbons (Fsp3) is 0.783. The number of allylic oxidation sites excluding steroid dienone is 8. The molecule has 0 bridgehead atoms. The molecule has 10 atom stereocenters. The van der Waals surface area contributed by atoms with Gasteiger partial charge in [0, 0.05) is 0 Å². The molecule has 0 amide bonds. The van der Waals surface area contributed by atoms with Crippen molar-refractivity contribution >= 4 is 23.7 Å². The lowest BCUT2D eigenvalue weighted by atomic mass is 9.46. The van der Waals surface area contributed by atoms with Crippen molar-refractivity contribution in [3.05, 3.63) is 46.6 Å². The SMILES string of the molecule is CC(C)C1=CC2=CC[C@H]3[C@](C)(CC(C)(SC(C)(C[C@]4(C)CCC[C@]5(C)[C@H]6CCC(C(C)C)=CC6=CC[C@@H]45)C(=O)O)C(=O)O)CCC[C@]3(C)[C@H]2CC1. The summed E-state index contributed by atoms with van der Waals surface area (Å²) in [5, 5.41) is 22.2. The average molecular weight is 719 g/mol. The molecule has 2 saturated carbocycles. The Hall–Kier alpha value is -1.75. The summed E-state index contributed by atoms with van der Waals surface area (Å²) in [5.74, 6) is 1.25. The second-order valence-corrected chi connectivity index (χ2v) is 22.5. The molecule has 0 aromatic rings. The molecule has 0 radical (unpaired) electrons. The number of aliphatic carboxylic acids is 2. The molecule has 0 aromatic carbocycles. The Labute approximate surface area is 314 Å². The first kappa shape index (κ1) is 39.0.